The summed E-state index contributed by atoms with van der Waals surface area (Å²) in [5, 5.41) is 11.4. The zero-order valence-corrected chi connectivity index (χ0v) is 79.7. The van der Waals surface area contributed by atoms with Crippen molar-refractivity contribution in [1.82, 2.24) is 35.1 Å². The number of amides is 20. The maximum Gasteiger partial charge on any atom is 0.338 e. The van der Waals surface area contributed by atoms with Gasteiger partial charge in [-0.25, -0.2) is 38.7 Å². The van der Waals surface area contributed by atoms with Gasteiger partial charge < -0.3 is 0 Å². The molecule has 5 heterocycles. The number of carbonyl (C=O) groups excluding carboxylic acids is 15. The number of hydrogen-bond donors (Lipinski definition) is 2. The quantitative estimate of drug-likeness (QED) is 0.0562. The van der Waals surface area contributed by atoms with Crippen LogP contribution in [0, 0.1) is 23.7 Å². The van der Waals surface area contributed by atoms with E-state index in [0.717, 1.165) is 102 Å². The van der Waals surface area contributed by atoms with Crippen LogP contribution in [-0.2, 0) is 106 Å². The summed E-state index contributed by atoms with van der Waals surface area (Å²) in [6, 6.07) is 127. The molecule has 5 aliphatic heterocycles. The molecule has 5 saturated heterocycles. The molecule has 724 valence electrons. The number of barbiturate groups is 5. The molecule has 0 spiro atoms. The van der Waals surface area contributed by atoms with Crippen LogP contribution in [0.1, 0.15) is 61.6 Å². The van der Waals surface area contributed by atoms with Gasteiger partial charge in [0, 0.05) is 11.6 Å². The van der Waals surface area contributed by atoms with Gasteiger partial charge in [-0.05, 0) is 169 Å². The van der Waals surface area contributed by atoms with Crippen LogP contribution >= 0.6 is 11.6 Å². The maximum absolute atomic E-state index is 13.5. The highest BCUT2D eigenvalue weighted by Gasteiger charge is 2.50. The number of benzene rings is 16. The second-order valence-corrected chi connectivity index (χ2v) is 35.8. The Morgan fingerprint density at radius 3 is 0.870 bits per heavy atom. The van der Waals surface area contributed by atoms with Crippen molar-refractivity contribution >= 4 is 150 Å². The van der Waals surface area contributed by atoms with Crippen LogP contribution < -0.4 is 25.3 Å². The Balaban J connectivity index is 0.000000126. The largest absolute Gasteiger partial charge is 0.338 e. The standard InChI is InChI=1S/2C29H24N2O3.C28H22N2O3.C17H13ClN2O3.C17H14N2O3/c32-27-26(20-22-15-16-23-11-7-8-12-24(23)19-22)28(33)31(25-13-5-2-6-14-25)29(34)30(27)18-17-21-9-3-1-4-10-21;32-27-26(18-23-15-16-24-13-7-8-14-25(24)17-23)28(33)31(20-22-11-5-2-6-12-22)29(34)30(27)19-21-9-3-1-4-10-21;31-26-25(18-21-15-16-22-11-7-8-12-23(22)17-21)27(32)30(24-13-5-2-6-14-24)28(33)29(26)19-20-9-3-1-4-10-20;18-13-8-6-12(7-9-13)14-15(21)19-17(23)20(16(14)22)10-11-4-2-1-3-5-11;20-15-14(11-12-7-3-1-4-8-12)16(21)19(17(22)18-15)13-9-5-2-6-10-13/h1-16,19,26H,17-18,20H2;1-17,26H,18-20H2;1-17,25H,18-19H2;1-9,14H,10H2,(H,19,21,23);1-10,14H,11H2,(H,18,20,22). The lowest BCUT2D eigenvalue weighted by Gasteiger charge is -2.37. The summed E-state index contributed by atoms with van der Waals surface area (Å²) in [7, 11) is 0. The minimum Gasteiger partial charge on any atom is -0.277 e. The van der Waals surface area contributed by atoms with E-state index in [2.05, 4.69) is 10.6 Å². The number of anilines is 3. The van der Waals surface area contributed by atoms with Gasteiger partial charge in [-0.15, -0.1) is 0 Å². The molecular weight excluding hydrogens is 1860 g/mol. The molecule has 21 rings (SSSR count). The topological polar surface area (TPSA) is 306 Å². The fourth-order valence-electron chi connectivity index (χ4n) is 18.1. The lowest BCUT2D eigenvalue weighted by molar-refractivity contribution is -0.150. The van der Waals surface area contributed by atoms with Gasteiger partial charge in [0.1, 0.15) is 29.6 Å². The lowest BCUT2D eigenvalue weighted by Crippen LogP contribution is -2.60. The van der Waals surface area contributed by atoms with Crippen LogP contribution in [0.2, 0.25) is 5.02 Å². The van der Waals surface area contributed by atoms with Crippen molar-refractivity contribution in [3.63, 3.8) is 0 Å². The van der Waals surface area contributed by atoms with E-state index < -0.39 is 119 Å². The Hall–Kier alpha value is -18.4. The van der Waals surface area contributed by atoms with Gasteiger partial charge in [-0.3, -0.25) is 83.1 Å². The molecule has 16 aromatic rings. The highest BCUT2D eigenvalue weighted by atomic mass is 35.5. The molecule has 146 heavy (non-hydrogen) atoms. The maximum atomic E-state index is 13.5. The Morgan fingerprint density at radius 2 is 0.493 bits per heavy atom. The molecule has 2 N–H and O–H groups in total. The summed E-state index contributed by atoms with van der Waals surface area (Å²) in [4.78, 5) is 203. The molecular formula is C120H97ClN10O15. The fraction of sp³-hybridized carbons (Fsp3) is 0.125. The number of halogens is 1. The van der Waals surface area contributed by atoms with Gasteiger partial charge >= 0.3 is 30.2 Å². The van der Waals surface area contributed by atoms with Gasteiger partial charge in [0.15, 0.2) is 0 Å². The number of carbonyl (C=O) groups is 15. The van der Waals surface area contributed by atoms with Crippen LogP contribution in [0.5, 0.6) is 0 Å². The predicted octanol–water partition coefficient (Wildman–Crippen LogP) is 20.5. The van der Waals surface area contributed by atoms with Gasteiger partial charge in [0.25, 0.3) is 0 Å². The van der Waals surface area contributed by atoms with E-state index in [9.17, 15) is 71.9 Å². The summed E-state index contributed by atoms with van der Waals surface area (Å²) in [5.41, 5.74) is 9.74. The molecule has 20 amide bonds. The average Bonchev–Trinajstić information content (AvgIpc) is 0.765. The smallest absolute Gasteiger partial charge is 0.277 e. The number of hydrogen-bond acceptors (Lipinski definition) is 15. The van der Waals surface area contributed by atoms with Crippen LogP contribution in [0.25, 0.3) is 32.3 Å². The molecule has 25 nitrogen and oxygen atoms in total. The molecule has 0 radical (unpaired) electrons. The predicted molar refractivity (Wildman–Crippen MR) is 556 cm³/mol. The summed E-state index contributed by atoms with van der Waals surface area (Å²) >= 11 is 5.83. The summed E-state index contributed by atoms with van der Waals surface area (Å²) in [5.74, 6) is -9.82. The molecule has 4 atom stereocenters. The third kappa shape index (κ3) is 23.4. The Bertz CT molecular complexity index is 7490. The van der Waals surface area contributed by atoms with Gasteiger partial charge in [-0.2, -0.15) is 0 Å². The number of para-hydroxylation sites is 3. The summed E-state index contributed by atoms with van der Waals surface area (Å²) in [6.07, 6.45) is 1.50. The highest BCUT2D eigenvalue weighted by Crippen LogP contribution is 2.35. The zero-order chi connectivity index (χ0) is 102. The van der Waals surface area contributed by atoms with E-state index in [-0.39, 0.29) is 58.4 Å². The van der Waals surface area contributed by atoms with Gasteiger partial charge in [0.2, 0.25) is 59.1 Å². The number of imide groups is 10. The molecule has 16 aromatic carbocycles. The molecule has 0 aliphatic carbocycles. The minimum atomic E-state index is -1.05. The number of fused-ring (bicyclic) bond motifs is 3. The van der Waals surface area contributed by atoms with E-state index >= 15 is 0 Å². The molecule has 4 unspecified atom stereocenters. The van der Waals surface area contributed by atoms with Crippen molar-refractivity contribution in [2.45, 2.75) is 64.2 Å². The normalized spacial score (nSPS) is 16.6. The second-order valence-electron chi connectivity index (χ2n) is 35.4. The monoisotopic (exact) mass is 1950 g/mol. The highest BCUT2D eigenvalue weighted by molar-refractivity contribution is 6.31. The van der Waals surface area contributed by atoms with Crippen LogP contribution in [0.15, 0.2) is 425 Å². The van der Waals surface area contributed by atoms with Crippen molar-refractivity contribution in [3.05, 3.63) is 485 Å². The first-order valence-corrected chi connectivity index (χ1v) is 47.9. The van der Waals surface area contributed by atoms with Crippen molar-refractivity contribution in [3.8, 4) is 0 Å². The lowest BCUT2D eigenvalue weighted by atomic mass is 9.93. The molecule has 0 aromatic heterocycles. The van der Waals surface area contributed by atoms with Crippen molar-refractivity contribution in [2.75, 3.05) is 21.2 Å². The molecule has 5 fully saturated rings. The second kappa shape index (κ2) is 46.4. The van der Waals surface area contributed by atoms with Crippen LogP contribution in [0.4, 0.5) is 41.0 Å². The van der Waals surface area contributed by atoms with E-state index in [4.69, 9.17) is 11.6 Å². The minimum absolute atomic E-state index is 0.114. The van der Waals surface area contributed by atoms with Crippen LogP contribution in [0.3, 0.4) is 0 Å². The van der Waals surface area contributed by atoms with Crippen molar-refractivity contribution in [1.29, 1.82) is 0 Å². The molecule has 0 bridgehead atoms. The first-order chi connectivity index (χ1) is 71.0. The van der Waals surface area contributed by atoms with Crippen LogP contribution in [-0.4, -0.2) is 120 Å². The third-order valence-electron chi connectivity index (χ3n) is 25.6. The van der Waals surface area contributed by atoms with E-state index in [1.165, 1.54) is 19.6 Å². The van der Waals surface area contributed by atoms with Gasteiger partial charge in [-0.1, -0.05) is 388 Å². The first kappa shape index (κ1) is 99.2. The van der Waals surface area contributed by atoms with E-state index in [1.54, 1.807) is 103 Å². The van der Waals surface area contributed by atoms with E-state index in [0.29, 0.717) is 34.1 Å². The number of nitrogens with zero attached hydrogens (tertiary/aromatic N) is 8. The number of urea groups is 5. The Labute approximate surface area is 846 Å². The number of rotatable bonds is 23. The SMILES string of the molecule is O=C1C(Cc2ccc3ccccc3c2)C(=O)N(Cc2ccccc2)C(=O)N1Cc1ccccc1.O=C1C(Cc2ccc3ccccc3c2)C(=O)N(c2ccccc2)C(=O)N1CCc1ccccc1.O=C1C(Cc2ccc3ccccc3c2)C(=O)N(c2ccccc2)C(=O)N1Cc1ccccc1.O=C1NC(=O)N(Cc2ccccc2)C(=O)C1c1ccc(Cl)cc1.O=C1NC(=O)N(c2ccccc2)C(=O)C1Cc1ccccc1. The van der Waals surface area contributed by atoms with Crippen molar-refractivity contribution < 1.29 is 71.9 Å². The number of nitrogens with one attached hydrogen (secondary N) is 2. The third-order valence-corrected chi connectivity index (χ3v) is 25.9. The van der Waals surface area contributed by atoms with Gasteiger partial charge in [0.05, 0.1) is 43.2 Å². The Morgan fingerprint density at radius 1 is 0.212 bits per heavy atom. The molecule has 26 heteroatoms. The Kier molecular flexibility index (Phi) is 31.5. The molecule has 5 aliphatic rings. The summed E-state index contributed by atoms with van der Waals surface area (Å²) in [6.45, 7) is 0.704. The fourth-order valence-corrected chi connectivity index (χ4v) is 18.2. The summed E-state index contributed by atoms with van der Waals surface area (Å²) < 4.78 is 0. The average molecular weight is 1950 g/mol. The zero-order valence-electron chi connectivity index (χ0n) is 79.0. The van der Waals surface area contributed by atoms with E-state index in [1.807, 2.05) is 322 Å². The first-order valence-electron chi connectivity index (χ1n) is 47.5. The molecule has 0 saturated carbocycles. The van der Waals surface area contributed by atoms with Crippen molar-refractivity contribution in [2.24, 2.45) is 23.7 Å².